The van der Waals surface area contributed by atoms with Crippen LogP contribution in [0.3, 0.4) is 0 Å². The van der Waals surface area contributed by atoms with Gasteiger partial charge in [-0.1, -0.05) is 24.3 Å². The molecule has 8 nitrogen and oxygen atoms in total. The van der Waals surface area contributed by atoms with E-state index in [4.69, 9.17) is 9.47 Å². The van der Waals surface area contributed by atoms with Crippen molar-refractivity contribution in [2.45, 2.75) is 51.4 Å². The highest BCUT2D eigenvalue weighted by molar-refractivity contribution is 5.94. The van der Waals surface area contributed by atoms with Gasteiger partial charge in [0.25, 0.3) is 5.91 Å². The molecule has 1 aromatic heterocycles. The molecule has 2 aromatic carbocycles. The molecule has 1 N–H and O–H groups in total. The molecule has 2 atom stereocenters. The van der Waals surface area contributed by atoms with Crippen LogP contribution >= 0.6 is 0 Å². The average Bonchev–Trinajstić information content (AvgIpc) is 3.38. The first-order valence-corrected chi connectivity index (χ1v) is 12.7. The Labute approximate surface area is 210 Å². The normalized spacial score (nSPS) is 24.0. The molecule has 1 amide bonds. The van der Waals surface area contributed by atoms with E-state index in [1.807, 2.05) is 41.3 Å². The molecule has 3 aliphatic rings. The smallest absolute Gasteiger partial charge is 0.253 e. The van der Waals surface area contributed by atoms with E-state index in [0.717, 1.165) is 30.4 Å². The lowest BCUT2D eigenvalue weighted by atomic mass is 9.64. The molecular weight excluding hydrogens is 456 g/mol. The Morgan fingerprint density at radius 3 is 2.75 bits per heavy atom. The van der Waals surface area contributed by atoms with Crippen molar-refractivity contribution >= 4 is 5.91 Å². The van der Waals surface area contributed by atoms with Gasteiger partial charge in [0.2, 0.25) is 0 Å². The van der Waals surface area contributed by atoms with Crippen LogP contribution in [-0.4, -0.2) is 56.0 Å². The first-order chi connectivity index (χ1) is 17.3. The molecule has 4 heterocycles. The Bertz CT molecular complexity index is 1260. The van der Waals surface area contributed by atoms with Crippen molar-refractivity contribution in [3.05, 3.63) is 71.8 Å². The lowest BCUT2D eigenvalue weighted by Gasteiger charge is -2.54. The Morgan fingerprint density at radius 2 is 1.97 bits per heavy atom. The summed E-state index contributed by atoms with van der Waals surface area (Å²) in [6.45, 7) is 6.86. The number of piperidine rings is 1. The lowest BCUT2D eigenvalue weighted by Crippen LogP contribution is -2.54. The van der Waals surface area contributed by atoms with E-state index in [2.05, 4.69) is 23.9 Å². The summed E-state index contributed by atoms with van der Waals surface area (Å²) in [5, 5.41) is 14.5. The molecule has 188 valence electrons. The van der Waals surface area contributed by atoms with Gasteiger partial charge in [-0.2, -0.15) is 5.10 Å². The summed E-state index contributed by atoms with van der Waals surface area (Å²) in [7, 11) is 0. The van der Waals surface area contributed by atoms with Gasteiger partial charge in [-0.15, -0.1) is 0 Å². The van der Waals surface area contributed by atoms with E-state index in [-0.39, 0.29) is 29.1 Å². The monoisotopic (exact) mass is 488 g/mol. The van der Waals surface area contributed by atoms with Gasteiger partial charge in [-0.05, 0) is 62.3 Å². The molecule has 3 aromatic rings. The van der Waals surface area contributed by atoms with Crippen LogP contribution in [0.2, 0.25) is 0 Å². The summed E-state index contributed by atoms with van der Waals surface area (Å²) in [6, 6.07) is 13.3. The Kier molecular flexibility index (Phi) is 5.52. The Morgan fingerprint density at radius 1 is 1.17 bits per heavy atom. The Hall–Kier alpha value is -3.39. The van der Waals surface area contributed by atoms with E-state index in [1.165, 1.54) is 6.33 Å². The fourth-order valence-corrected chi connectivity index (χ4v) is 6.17. The Balaban J connectivity index is 1.14. The van der Waals surface area contributed by atoms with Crippen LogP contribution in [0.5, 0.6) is 11.5 Å². The SMILES string of the molecule is CC1(C)Oc2c(O)cccc2[C@H]2OCC3(CCN(C(=O)c4cccc(Cn5cncn5)c4)CC3)C[C@@H]21. The first-order valence-electron chi connectivity index (χ1n) is 12.7. The third-order valence-corrected chi connectivity index (χ3v) is 8.27. The number of likely N-dealkylation sites (tertiary alicyclic amines) is 1. The van der Waals surface area contributed by atoms with Crippen molar-refractivity contribution in [2.75, 3.05) is 19.7 Å². The minimum absolute atomic E-state index is 0.0296. The maximum absolute atomic E-state index is 13.3. The number of phenolic OH excluding ortho intramolecular Hbond substituents is 1. The number of amides is 1. The maximum Gasteiger partial charge on any atom is 0.253 e. The third kappa shape index (κ3) is 4.03. The molecule has 3 aliphatic heterocycles. The van der Waals surface area contributed by atoms with Crippen molar-refractivity contribution in [2.24, 2.45) is 11.3 Å². The first kappa shape index (κ1) is 23.0. The average molecular weight is 489 g/mol. The summed E-state index contributed by atoms with van der Waals surface area (Å²) in [4.78, 5) is 19.3. The van der Waals surface area contributed by atoms with Gasteiger partial charge in [-0.25, -0.2) is 9.67 Å². The molecule has 36 heavy (non-hydrogen) atoms. The number of aromatic nitrogens is 3. The van der Waals surface area contributed by atoms with Crippen molar-refractivity contribution in [1.82, 2.24) is 19.7 Å². The highest BCUT2D eigenvalue weighted by atomic mass is 16.5. The molecule has 0 bridgehead atoms. The summed E-state index contributed by atoms with van der Waals surface area (Å²) in [5.41, 5.74) is 2.25. The third-order valence-electron chi connectivity index (χ3n) is 8.27. The topological polar surface area (TPSA) is 89.7 Å². The van der Waals surface area contributed by atoms with E-state index in [0.29, 0.717) is 37.6 Å². The van der Waals surface area contributed by atoms with E-state index >= 15 is 0 Å². The summed E-state index contributed by atoms with van der Waals surface area (Å²) >= 11 is 0. The van der Waals surface area contributed by atoms with Gasteiger partial charge in [0, 0.05) is 30.1 Å². The number of benzene rings is 2. The number of para-hydroxylation sites is 1. The van der Waals surface area contributed by atoms with E-state index in [9.17, 15) is 9.90 Å². The predicted molar refractivity (Wildman–Crippen MR) is 133 cm³/mol. The van der Waals surface area contributed by atoms with Crippen molar-refractivity contribution in [3.8, 4) is 11.5 Å². The zero-order chi connectivity index (χ0) is 24.9. The number of aromatic hydroxyl groups is 1. The maximum atomic E-state index is 13.3. The zero-order valence-corrected chi connectivity index (χ0v) is 20.8. The number of carbonyl (C=O) groups excluding carboxylic acids is 1. The van der Waals surface area contributed by atoms with Crippen LogP contribution < -0.4 is 4.74 Å². The summed E-state index contributed by atoms with van der Waals surface area (Å²) in [6.07, 6.45) is 5.89. The number of ether oxygens (including phenoxy) is 2. The van der Waals surface area contributed by atoms with Crippen LogP contribution in [-0.2, 0) is 11.3 Å². The molecule has 2 fully saturated rings. The molecule has 2 saturated heterocycles. The van der Waals surface area contributed by atoms with Crippen molar-refractivity contribution in [3.63, 3.8) is 0 Å². The highest BCUT2D eigenvalue weighted by Crippen LogP contribution is 2.56. The number of fused-ring (bicyclic) bond motifs is 3. The second kappa shape index (κ2) is 8.62. The summed E-state index contributed by atoms with van der Waals surface area (Å²) < 4.78 is 14.6. The minimum Gasteiger partial charge on any atom is -0.504 e. The number of hydrogen-bond donors (Lipinski definition) is 1. The molecule has 1 spiro atoms. The second-order valence-corrected chi connectivity index (χ2v) is 11.0. The largest absolute Gasteiger partial charge is 0.504 e. The standard InChI is InChI=1S/C28H32N4O4/c1-27(2)22-14-28(16-35-24(22)21-7-4-8-23(33)25(21)36-27)9-11-31(12-10-28)26(34)20-6-3-5-19(13-20)15-32-18-29-17-30-32/h3-8,13,17-18,22,24,33H,9-12,14-16H2,1-2H3/t22-,24+/m0/s1. The number of rotatable bonds is 3. The summed E-state index contributed by atoms with van der Waals surface area (Å²) in [5.74, 6) is 0.966. The number of hydrogen-bond acceptors (Lipinski definition) is 6. The molecule has 0 radical (unpaired) electrons. The van der Waals surface area contributed by atoms with Gasteiger partial charge in [0.1, 0.15) is 18.3 Å². The number of nitrogens with zero attached hydrogens (tertiary/aromatic N) is 4. The van der Waals surface area contributed by atoms with Gasteiger partial charge < -0.3 is 19.5 Å². The molecule has 0 saturated carbocycles. The van der Waals surface area contributed by atoms with Crippen LogP contribution in [0, 0.1) is 11.3 Å². The quantitative estimate of drug-likeness (QED) is 0.594. The van der Waals surface area contributed by atoms with Gasteiger partial charge >= 0.3 is 0 Å². The molecule has 0 aliphatic carbocycles. The minimum atomic E-state index is -0.457. The zero-order valence-electron chi connectivity index (χ0n) is 20.8. The van der Waals surface area contributed by atoms with Crippen LogP contribution in [0.1, 0.15) is 60.7 Å². The molecule has 0 unspecified atom stereocenters. The van der Waals surface area contributed by atoms with Crippen molar-refractivity contribution in [1.29, 1.82) is 0 Å². The fraction of sp³-hybridized carbons (Fsp3) is 0.464. The lowest BCUT2D eigenvalue weighted by molar-refractivity contribution is -0.173. The molecule has 6 rings (SSSR count). The van der Waals surface area contributed by atoms with Crippen LogP contribution in [0.15, 0.2) is 55.1 Å². The van der Waals surface area contributed by atoms with Crippen LogP contribution in [0.4, 0.5) is 0 Å². The van der Waals surface area contributed by atoms with Crippen LogP contribution in [0.25, 0.3) is 0 Å². The van der Waals surface area contributed by atoms with Gasteiger partial charge in [0.05, 0.1) is 19.3 Å². The second-order valence-electron chi connectivity index (χ2n) is 11.0. The van der Waals surface area contributed by atoms with Crippen molar-refractivity contribution < 1.29 is 19.4 Å². The molecular formula is C28H32N4O4. The highest BCUT2D eigenvalue weighted by Gasteiger charge is 2.53. The fourth-order valence-electron chi connectivity index (χ4n) is 6.17. The van der Waals surface area contributed by atoms with E-state index in [1.54, 1.807) is 17.1 Å². The van der Waals surface area contributed by atoms with Gasteiger partial charge in [-0.3, -0.25) is 4.79 Å². The number of phenols is 1. The predicted octanol–water partition coefficient (Wildman–Crippen LogP) is 4.20. The van der Waals surface area contributed by atoms with Gasteiger partial charge in [0.15, 0.2) is 11.5 Å². The van der Waals surface area contributed by atoms with E-state index < -0.39 is 5.60 Å². The number of carbonyl (C=O) groups is 1. The molecule has 8 heteroatoms.